The Hall–Kier alpha value is -0.600. The molecule has 1 atom stereocenters. The summed E-state index contributed by atoms with van der Waals surface area (Å²) in [6, 6.07) is 4.46. The standard InChI is InChI=1S/C10H11ClFN/c11-8-3-7(4-9(12)5-8)10(13)6-1-2-6/h3-6,10H,1-2,13H2. The predicted molar refractivity (Wildman–Crippen MR) is 51.1 cm³/mol. The van der Waals surface area contributed by atoms with Crippen LogP contribution in [0.5, 0.6) is 0 Å². The van der Waals surface area contributed by atoms with Gasteiger partial charge in [-0.2, -0.15) is 0 Å². The van der Waals surface area contributed by atoms with E-state index in [2.05, 4.69) is 0 Å². The molecular weight excluding hydrogens is 189 g/mol. The minimum Gasteiger partial charge on any atom is -0.324 e. The van der Waals surface area contributed by atoms with Crippen molar-refractivity contribution in [1.29, 1.82) is 0 Å². The maximum Gasteiger partial charge on any atom is 0.125 e. The maximum atomic E-state index is 12.9. The van der Waals surface area contributed by atoms with E-state index < -0.39 is 0 Å². The molecule has 70 valence electrons. The summed E-state index contributed by atoms with van der Waals surface area (Å²) in [6.07, 6.45) is 2.30. The number of halogens is 2. The lowest BCUT2D eigenvalue weighted by atomic mass is 10.0. The Morgan fingerprint density at radius 2 is 2.08 bits per heavy atom. The first-order chi connectivity index (χ1) is 6.16. The minimum absolute atomic E-state index is 0.0480. The zero-order valence-electron chi connectivity index (χ0n) is 7.13. The van der Waals surface area contributed by atoms with E-state index in [0.717, 1.165) is 18.4 Å². The van der Waals surface area contributed by atoms with Crippen LogP contribution in [0.15, 0.2) is 18.2 Å². The fourth-order valence-corrected chi connectivity index (χ4v) is 1.73. The number of benzene rings is 1. The minimum atomic E-state index is -0.307. The van der Waals surface area contributed by atoms with Crippen LogP contribution in [0, 0.1) is 11.7 Å². The number of hydrogen-bond donors (Lipinski definition) is 1. The van der Waals surface area contributed by atoms with E-state index >= 15 is 0 Å². The topological polar surface area (TPSA) is 26.0 Å². The lowest BCUT2D eigenvalue weighted by Crippen LogP contribution is -2.12. The summed E-state index contributed by atoms with van der Waals surface area (Å²) in [6.45, 7) is 0. The Kier molecular flexibility index (Phi) is 2.26. The third-order valence-corrected chi connectivity index (χ3v) is 2.62. The van der Waals surface area contributed by atoms with Gasteiger partial charge in [0.25, 0.3) is 0 Å². The summed E-state index contributed by atoms with van der Waals surface area (Å²) in [7, 11) is 0. The normalized spacial score (nSPS) is 18.7. The number of hydrogen-bond acceptors (Lipinski definition) is 1. The highest BCUT2D eigenvalue weighted by molar-refractivity contribution is 6.30. The Labute approximate surface area is 81.7 Å². The van der Waals surface area contributed by atoms with E-state index in [0.29, 0.717) is 10.9 Å². The lowest BCUT2D eigenvalue weighted by Gasteiger charge is -2.10. The van der Waals surface area contributed by atoms with Gasteiger partial charge in [-0.3, -0.25) is 0 Å². The van der Waals surface area contributed by atoms with Crippen LogP contribution in [0.1, 0.15) is 24.4 Å². The number of rotatable bonds is 2. The molecule has 0 saturated heterocycles. The van der Waals surface area contributed by atoms with Gasteiger partial charge in [0.2, 0.25) is 0 Å². The van der Waals surface area contributed by atoms with E-state index in [1.54, 1.807) is 6.07 Å². The molecule has 0 spiro atoms. The highest BCUT2D eigenvalue weighted by Gasteiger charge is 2.29. The van der Waals surface area contributed by atoms with Crippen LogP contribution in [0.3, 0.4) is 0 Å². The van der Waals surface area contributed by atoms with Gasteiger partial charge >= 0.3 is 0 Å². The quantitative estimate of drug-likeness (QED) is 0.779. The maximum absolute atomic E-state index is 12.9. The first kappa shape index (κ1) is 8.97. The second-order valence-corrected chi connectivity index (χ2v) is 4.00. The molecule has 1 saturated carbocycles. The Bertz CT molecular complexity index is 302. The van der Waals surface area contributed by atoms with Crippen LogP contribution in [-0.2, 0) is 0 Å². The van der Waals surface area contributed by atoms with E-state index in [1.165, 1.54) is 12.1 Å². The van der Waals surface area contributed by atoms with Crippen molar-refractivity contribution >= 4 is 11.6 Å². The molecule has 1 aliphatic rings. The van der Waals surface area contributed by atoms with Crippen LogP contribution >= 0.6 is 11.6 Å². The summed E-state index contributed by atoms with van der Waals surface area (Å²) in [5.74, 6) is 0.219. The van der Waals surface area contributed by atoms with Gasteiger partial charge in [0, 0.05) is 11.1 Å². The molecule has 1 fully saturated rings. The molecule has 0 radical (unpaired) electrons. The second-order valence-electron chi connectivity index (χ2n) is 3.57. The van der Waals surface area contributed by atoms with E-state index in [9.17, 15) is 4.39 Å². The Morgan fingerprint density at radius 3 is 2.62 bits per heavy atom. The van der Waals surface area contributed by atoms with Gasteiger partial charge in [-0.1, -0.05) is 11.6 Å². The van der Waals surface area contributed by atoms with Crippen molar-refractivity contribution in [3.8, 4) is 0 Å². The summed E-state index contributed by atoms with van der Waals surface area (Å²) in [5, 5.41) is 0.422. The van der Waals surface area contributed by atoms with Crippen molar-refractivity contribution in [3.63, 3.8) is 0 Å². The van der Waals surface area contributed by atoms with E-state index in [-0.39, 0.29) is 11.9 Å². The molecular formula is C10H11ClFN. The van der Waals surface area contributed by atoms with E-state index in [4.69, 9.17) is 17.3 Å². The molecule has 2 N–H and O–H groups in total. The van der Waals surface area contributed by atoms with Crippen LogP contribution in [0.25, 0.3) is 0 Å². The van der Waals surface area contributed by atoms with Crippen molar-refractivity contribution in [3.05, 3.63) is 34.6 Å². The highest BCUT2D eigenvalue weighted by Crippen LogP contribution is 2.39. The van der Waals surface area contributed by atoms with Crippen molar-refractivity contribution in [2.75, 3.05) is 0 Å². The van der Waals surface area contributed by atoms with Gasteiger partial charge in [-0.15, -0.1) is 0 Å². The molecule has 2 rings (SSSR count). The lowest BCUT2D eigenvalue weighted by molar-refractivity contribution is 0.602. The fourth-order valence-electron chi connectivity index (χ4n) is 1.50. The van der Waals surface area contributed by atoms with Crippen LogP contribution in [0.4, 0.5) is 4.39 Å². The second kappa shape index (κ2) is 3.28. The zero-order valence-corrected chi connectivity index (χ0v) is 7.89. The first-order valence-corrected chi connectivity index (χ1v) is 4.76. The SMILES string of the molecule is NC(c1cc(F)cc(Cl)c1)C1CC1. The molecule has 3 heteroatoms. The molecule has 0 aliphatic heterocycles. The predicted octanol–water partition coefficient (Wildman–Crippen LogP) is 2.89. The van der Waals surface area contributed by atoms with Crippen LogP contribution in [-0.4, -0.2) is 0 Å². The molecule has 0 bridgehead atoms. The van der Waals surface area contributed by atoms with Crippen LogP contribution in [0.2, 0.25) is 5.02 Å². The fraction of sp³-hybridized carbons (Fsp3) is 0.400. The summed E-state index contributed by atoms with van der Waals surface area (Å²) in [5.41, 5.74) is 6.73. The number of nitrogens with two attached hydrogens (primary N) is 1. The van der Waals surface area contributed by atoms with Gasteiger partial charge < -0.3 is 5.73 Å². The molecule has 13 heavy (non-hydrogen) atoms. The van der Waals surface area contributed by atoms with Gasteiger partial charge in [0.05, 0.1) is 0 Å². The molecule has 0 heterocycles. The molecule has 1 aromatic carbocycles. The molecule has 0 amide bonds. The Morgan fingerprint density at radius 1 is 1.38 bits per heavy atom. The van der Waals surface area contributed by atoms with Crippen molar-refractivity contribution in [2.24, 2.45) is 11.7 Å². The average molecular weight is 200 g/mol. The summed E-state index contributed by atoms with van der Waals surface area (Å²) in [4.78, 5) is 0. The first-order valence-electron chi connectivity index (χ1n) is 4.38. The van der Waals surface area contributed by atoms with Crippen molar-refractivity contribution < 1.29 is 4.39 Å². The van der Waals surface area contributed by atoms with Gasteiger partial charge in [-0.05, 0) is 42.5 Å². The summed E-state index contributed by atoms with van der Waals surface area (Å²) >= 11 is 5.72. The molecule has 0 aromatic heterocycles. The van der Waals surface area contributed by atoms with E-state index in [1.807, 2.05) is 0 Å². The van der Waals surface area contributed by atoms with Crippen molar-refractivity contribution in [1.82, 2.24) is 0 Å². The van der Waals surface area contributed by atoms with Gasteiger partial charge in [-0.25, -0.2) is 4.39 Å². The average Bonchev–Trinajstić information content (AvgIpc) is 2.83. The molecule has 1 aromatic rings. The van der Waals surface area contributed by atoms with Gasteiger partial charge in [0.15, 0.2) is 0 Å². The van der Waals surface area contributed by atoms with Gasteiger partial charge in [0.1, 0.15) is 5.82 Å². The highest BCUT2D eigenvalue weighted by atomic mass is 35.5. The van der Waals surface area contributed by atoms with Crippen LogP contribution < -0.4 is 5.73 Å². The third-order valence-electron chi connectivity index (χ3n) is 2.40. The molecule has 1 aliphatic carbocycles. The third kappa shape index (κ3) is 2.01. The summed E-state index contributed by atoms with van der Waals surface area (Å²) < 4.78 is 12.9. The zero-order chi connectivity index (χ0) is 9.42. The monoisotopic (exact) mass is 199 g/mol. The molecule has 1 nitrogen and oxygen atoms in total. The van der Waals surface area contributed by atoms with Crippen molar-refractivity contribution in [2.45, 2.75) is 18.9 Å². The smallest absolute Gasteiger partial charge is 0.125 e. The molecule has 1 unspecified atom stereocenters. The Balaban J connectivity index is 2.27. The largest absolute Gasteiger partial charge is 0.324 e.